The van der Waals surface area contributed by atoms with Crippen molar-refractivity contribution in [3.8, 4) is 0 Å². The fourth-order valence-corrected chi connectivity index (χ4v) is 2.60. The van der Waals surface area contributed by atoms with Crippen molar-refractivity contribution in [2.45, 2.75) is 30.3 Å². The summed E-state index contributed by atoms with van der Waals surface area (Å²) in [5.74, 6) is -0.0895. The van der Waals surface area contributed by atoms with E-state index < -0.39 is 9.84 Å². The molecule has 6 nitrogen and oxygen atoms in total. The first-order valence-corrected chi connectivity index (χ1v) is 8.03. The standard InChI is InChI=1S/C12H17N3O3S/c1-19(17,18)12-5-4-10(8-14-12)15-11(16)7-9-3-2-6-13-9/h4-5,8-9,13H,2-3,6-7H2,1H3,(H,15,16). The van der Waals surface area contributed by atoms with Gasteiger partial charge in [0.2, 0.25) is 5.91 Å². The zero-order valence-electron chi connectivity index (χ0n) is 10.7. The second kappa shape index (κ2) is 5.66. The molecule has 104 valence electrons. The highest BCUT2D eigenvalue weighted by Gasteiger charge is 2.17. The van der Waals surface area contributed by atoms with Gasteiger partial charge in [-0.25, -0.2) is 13.4 Å². The van der Waals surface area contributed by atoms with E-state index in [2.05, 4.69) is 15.6 Å². The van der Waals surface area contributed by atoms with E-state index in [-0.39, 0.29) is 17.0 Å². The van der Waals surface area contributed by atoms with Crippen molar-refractivity contribution < 1.29 is 13.2 Å². The van der Waals surface area contributed by atoms with Gasteiger partial charge in [-0.15, -0.1) is 0 Å². The maximum atomic E-state index is 11.8. The van der Waals surface area contributed by atoms with Crippen LogP contribution in [0.4, 0.5) is 5.69 Å². The maximum Gasteiger partial charge on any atom is 0.225 e. The van der Waals surface area contributed by atoms with Crippen LogP contribution in [0, 0.1) is 0 Å². The molecule has 1 aliphatic rings. The Morgan fingerprint density at radius 2 is 2.32 bits per heavy atom. The highest BCUT2D eigenvalue weighted by molar-refractivity contribution is 7.90. The first-order valence-electron chi connectivity index (χ1n) is 6.14. The molecule has 1 unspecified atom stereocenters. The molecule has 7 heteroatoms. The zero-order chi connectivity index (χ0) is 13.9. The number of nitrogens with zero attached hydrogens (tertiary/aromatic N) is 1. The van der Waals surface area contributed by atoms with Crippen LogP contribution in [0.25, 0.3) is 0 Å². The highest BCUT2D eigenvalue weighted by atomic mass is 32.2. The van der Waals surface area contributed by atoms with Gasteiger partial charge in [-0.3, -0.25) is 4.79 Å². The average Bonchev–Trinajstić information content (AvgIpc) is 2.81. The monoisotopic (exact) mass is 283 g/mol. The van der Waals surface area contributed by atoms with Crippen LogP contribution in [0.15, 0.2) is 23.4 Å². The summed E-state index contributed by atoms with van der Waals surface area (Å²) in [6.07, 6.45) is 4.99. The molecule has 1 aromatic heterocycles. The molecule has 0 saturated carbocycles. The molecule has 2 heterocycles. The summed E-state index contributed by atoms with van der Waals surface area (Å²) in [6.45, 7) is 0.961. The predicted octanol–water partition coefficient (Wildman–Crippen LogP) is 0.566. The first kappa shape index (κ1) is 14.0. The Morgan fingerprint density at radius 3 is 2.84 bits per heavy atom. The van der Waals surface area contributed by atoms with Gasteiger partial charge in [-0.1, -0.05) is 0 Å². The molecule has 19 heavy (non-hydrogen) atoms. The second-order valence-electron chi connectivity index (χ2n) is 4.70. The molecule has 0 aliphatic carbocycles. The van der Waals surface area contributed by atoms with E-state index in [1.807, 2.05) is 0 Å². The number of amides is 1. The van der Waals surface area contributed by atoms with Gasteiger partial charge in [0.15, 0.2) is 14.9 Å². The van der Waals surface area contributed by atoms with Crippen LogP contribution in [0.1, 0.15) is 19.3 Å². The van der Waals surface area contributed by atoms with E-state index in [4.69, 9.17) is 0 Å². The van der Waals surface area contributed by atoms with Crippen LogP contribution in [-0.2, 0) is 14.6 Å². The Bertz CT molecular complexity index is 548. The molecule has 2 N–H and O–H groups in total. The third kappa shape index (κ3) is 4.00. The maximum absolute atomic E-state index is 11.8. The number of anilines is 1. The molecule has 1 saturated heterocycles. The third-order valence-corrected chi connectivity index (χ3v) is 4.00. The van der Waals surface area contributed by atoms with Gasteiger partial charge in [-0.2, -0.15) is 0 Å². The quantitative estimate of drug-likeness (QED) is 0.843. The van der Waals surface area contributed by atoms with Crippen molar-refractivity contribution in [2.75, 3.05) is 18.1 Å². The van der Waals surface area contributed by atoms with Crippen LogP contribution in [-0.4, -0.2) is 38.2 Å². The number of pyridine rings is 1. The van der Waals surface area contributed by atoms with E-state index >= 15 is 0 Å². The molecule has 0 spiro atoms. The van der Waals surface area contributed by atoms with E-state index in [9.17, 15) is 13.2 Å². The lowest BCUT2D eigenvalue weighted by Crippen LogP contribution is -2.27. The number of rotatable bonds is 4. The van der Waals surface area contributed by atoms with Crippen LogP contribution in [0.3, 0.4) is 0 Å². The Hall–Kier alpha value is -1.47. The SMILES string of the molecule is CS(=O)(=O)c1ccc(NC(=O)CC2CCCN2)cn1. The number of nitrogens with one attached hydrogen (secondary N) is 2. The summed E-state index contributed by atoms with van der Waals surface area (Å²) in [6, 6.07) is 3.17. The first-order chi connectivity index (χ1) is 8.95. The summed E-state index contributed by atoms with van der Waals surface area (Å²) in [5.41, 5.74) is 0.510. The summed E-state index contributed by atoms with van der Waals surface area (Å²) < 4.78 is 22.5. The summed E-state index contributed by atoms with van der Waals surface area (Å²) in [7, 11) is -3.30. The number of carbonyl (C=O) groups is 1. The van der Waals surface area contributed by atoms with E-state index in [1.54, 1.807) is 6.07 Å². The molecular formula is C12H17N3O3S. The Balaban J connectivity index is 1.93. The number of aromatic nitrogens is 1. The predicted molar refractivity (Wildman–Crippen MR) is 71.6 cm³/mol. The van der Waals surface area contributed by atoms with Gasteiger partial charge < -0.3 is 10.6 Å². The topological polar surface area (TPSA) is 88.2 Å². The summed E-state index contributed by atoms with van der Waals surface area (Å²) in [4.78, 5) is 15.6. The van der Waals surface area contributed by atoms with Crippen LogP contribution >= 0.6 is 0 Å². The van der Waals surface area contributed by atoms with E-state index in [1.165, 1.54) is 12.3 Å². The minimum Gasteiger partial charge on any atom is -0.325 e. The van der Waals surface area contributed by atoms with Crippen molar-refractivity contribution in [2.24, 2.45) is 0 Å². The normalized spacial score (nSPS) is 19.3. The molecule has 1 aliphatic heterocycles. The molecule has 0 bridgehead atoms. The lowest BCUT2D eigenvalue weighted by Gasteiger charge is -2.10. The largest absolute Gasteiger partial charge is 0.325 e. The van der Waals surface area contributed by atoms with Gasteiger partial charge in [0.05, 0.1) is 11.9 Å². The summed E-state index contributed by atoms with van der Waals surface area (Å²) >= 11 is 0. The highest BCUT2D eigenvalue weighted by Crippen LogP contribution is 2.13. The number of hydrogen-bond donors (Lipinski definition) is 2. The van der Waals surface area contributed by atoms with Gasteiger partial charge >= 0.3 is 0 Å². The van der Waals surface area contributed by atoms with Gasteiger partial charge in [0.25, 0.3) is 0 Å². The minimum atomic E-state index is -3.30. The Morgan fingerprint density at radius 1 is 1.53 bits per heavy atom. The van der Waals surface area contributed by atoms with Crippen molar-refractivity contribution in [1.29, 1.82) is 0 Å². The molecule has 2 rings (SSSR count). The molecule has 0 radical (unpaired) electrons. The molecule has 1 atom stereocenters. The van der Waals surface area contributed by atoms with Crippen molar-refractivity contribution >= 4 is 21.4 Å². The fourth-order valence-electron chi connectivity index (χ4n) is 2.04. The number of hydrogen-bond acceptors (Lipinski definition) is 5. The molecular weight excluding hydrogens is 266 g/mol. The van der Waals surface area contributed by atoms with Crippen molar-refractivity contribution in [3.63, 3.8) is 0 Å². The van der Waals surface area contributed by atoms with Crippen molar-refractivity contribution in [1.82, 2.24) is 10.3 Å². The van der Waals surface area contributed by atoms with Crippen LogP contribution in [0.5, 0.6) is 0 Å². The fraction of sp³-hybridized carbons (Fsp3) is 0.500. The minimum absolute atomic E-state index is 0.00274. The van der Waals surface area contributed by atoms with Gasteiger partial charge in [-0.05, 0) is 31.5 Å². The Labute approximate surface area is 112 Å². The van der Waals surface area contributed by atoms with Gasteiger partial charge in [0.1, 0.15) is 0 Å². The van der Waals surface area contributed by atoms with Crippen LogP contribution in [0.2, 0.25) is 0 Å². The Kier molecular flexibility index (Phi) is 4.16. The average molecular weight is 283 g/mol. The lowest BCUT2D eigenvalue weighted by atomic mass is 10.1. The van der Waals surface area contributed by atoms with Crippen LogP contribution < -0.4 is 10.6 Å². The number of carbonyl (C=O) groups excluding carboxylic acids is 1. The molecule has 1 aromatic rings. The number of sulfone groups is 1. The molecule has 1 amide bonds. The lowest BCUT2D eigenvalue weighted by molar-refractivity contribution is -0.116. The van der Waals surface area contributed by atoms with E-state index in [0.29, 0.717) is 12.1 Å². The van der Waals surface area contributed by atoms with E-state index in [0.717, 1.165) is 25.6 Å². The van der Waals surface area contributed by atoms with Crippen molar-refractivity contribution in [3.05, 3.63) is 18.3 Å². The molecule has 0 aromatic carbocycles. The zero-order valence-corrected chi connectivity index (χ0v) is 11.5. The molecule has 1 fully saturated rings. The second-order valence-corrected chi connectivity index (χ2v) is 6.67. The third-order valence-electron chi connectivity index (χ3n) is 2.99. The summed E-state index contributed by atoms with van der Waals surface area (Å²) in [5, 5.41) is 5.96. The smallest absolute Gasteiger partial charge is 0.225 e. The van der Waals surface area contributed by atoms with Gasteiger partial charge in [0, 0.05) is 18.7 Å².